The first-order valence-electron chi connectivity index (χ1n) is 9.85. The Bertz CT molecular complexity index is 832. The Labute approximate surface area is 198 Å². The number of rotatable bonds is 5. The SMILES string of the molecule is CCNC(=NCc1coc(-c2cccs2)n1)N1CCC(NC(=O)OC(C)(C)C)C1.I. The Balaban J connectivity index is 0.00000320. The number of likely N-dealkylation sites (tertiary alicyclic amines) is 1. The van der Waals surface area contributed by atoms with Gasteiger partial charge in [-0.05, 0) is 45.6 Å². The largest absolute Gasteiger partial charge is 0.444 e. The van der Waals surface area contributed by atoms with Crippen LogP contribution in [0.5, 0.6) is 0 Å². The van der Waals surface area contributed by atoms with Crippen molar-refractivity contribution >= 4 is 47.4 Å². The van der Waals surface area contributed by atoms with Crippen LogP contribution in [0.3, 0.4) is 0 Å². The van der Waals surface area contributed by atoms with Crippen molar-refractivity contribution in [1.29, 1.82) is 0 Å². The van der Waals surface area contributed by atoms with Crippen LogP contribution in [0.15, 0.2) is 33.2 Å². The van der Waals surface area contributed by atoms with Crippen LogP contribution >= 0.6 is 35.3 Å². The molecule has 0 spiro atoms. The fourth-order valence-corrected chi connectivity index (χ4v) is 3.67. The highest BCUT2D eigenvalue weighted by atomic mass is 127. The summed E-state index contributed by atoms with van der Waals surface area (Å²) in [5, 5.41) is 8.26. The van der Waals surface area contributed by atoms with Crippen LogP contribution in [-0.2, 0) is 11.3 Å². The minimum atomic E-state index is -0.502. The number of halogens is 1. The average molecular weight is 547 g/mol. The number of hydrogen-bond donors (Lipinski definition) is 2. The molecule has 2 aromatic heterocycles. The van der Waals surface area contributed by atoms with Gasteiger partial charge in [-0.25, -0.2) is 14.8 Å². The molecule has 2 aromatic rings. The zero-order valence-electron chi connectivity index (χ0n) is 17.8. The van der Waals surface area contributed by atoms with E-state index >= 15 is 0 Å². The summed E-state index contributed by atoms with van der Waals surface area (Å²) in [6.07, 6.45) is 2.12. The number of amides is 1. The van der Waals surface area contributed by atoms with Gasteiger partial charge in [0.25, 0.3) is 0 Å². The molecule has 0 aromatic carbocycles. The molecule has 3 heterocycles. The van der Waals surface area contributed by atoms with Crippen molar-refractivity contribution in [2.75, 3.05) is 19.6 Å². The first kappa shape index (κ1) is 24.4. The summed E-state index contributed by atoms with van der Waals surface area (Å²) in [4.78, 5) is 24.4. The first-order valence-corrected chi connectivity index (χ1v) is 10.7. The van der Waals surface area contributed by atoms with E-state index in [2.05, 4.69) is 20.5 Å². The fraction of sp³-hybridized carbons (Fsp3) is 0.550. The summed E-state index contributed by atoms with van der Waals surface area (Å²) in [5.74, 6) is 1.43. The van der Waals surface area contributed by atoms with Crippen molar-refractivity contribution < 1.29 is 13.9 Å². The van der Waals surface area contributed by atoms with Crippen molar-refractivity contribution in [3.8, 4) is 10.8 Å². The van der Waals surface area contributed by atoms with Crippen LogP contribution in [0.2, 0.25) is 0 Å². The highest BCUT2D eigenvalue weighted by Crippen LogP contribution is 2.23. The van der Waals surface area contributed by atoms with Gasteiger partial charge in [0.15, 0.2) is 5.96 Å². The molecular weight excluding hydrogens is 517 g/mol. The van der Waals surface area contributed by atoms with Crippen molar-refractivity contribution in [3.63, 3.8) is 0 Å². The van der Waals surface area contributed by atoms with Gasteiger partial charge in [0.2, 0.25) is 5.89 Å². The van der Waals surface area contributed by atoms with Crippen LogP contribution in [0.4, 0.5) is 4.79 Å². The standard InChI is InChI=1S/C20H29N5O3S.HI/c1-5-21-18(22-11-15-13-27-17(23-15)16-7-6-10-29-16)25-9-8-14(12-25)24-19(26)28-20(2,3)4;/h6-7,10,13-14H,5,8-9,11-12H2,1-4H3,(H,21,22)(H,24,26);1H. The number of carbonyl (C=O) groups is 1. The lowest BCUT2D eigenvalue weighted by molar-refractivity contribution is 0.0507. The Morgan fingerprint density at radius 2 is 2.27 bits per heavy atom. The van der Waals surface area contributed by atoms with Crippen molar-refractivity contribution in [3.05, 3.63) is 29.5 Å². The molecule has 0 bridgehead atoms. The van der Waals surface area contributed by atoms with E-state index in [1.807, 2.05) is 45.2 Å². The minimum Gasteiger partial charge on any atom is -0.444 e. The average Bonchev–Trinajstić information content (AvgIpc) is 3.37. The van der Waals surface area contributed by atoms with Gasteiger partial charge in [-0.1, -0.05) is 6.07 Å². The van der Waals surface area contributed by atoms with E-state index in [1.54, 1.807) is 17.6 Å². The normalized spacial score (nSPS) is 16.9. The van der Waals surface area contributed by atoms with Crippen LogP contribution in [0.25, 0.3) is 10.8 Å². The van der Waals surface area contributed by atoms with E-state index in [-0.39, 0.29) is 36.1 Å². The molecule has 1 amide bonds. The lowest BCUT2D eigenvalue weighted by Gasteiger charge is -2.23. The van der Waals surface area contributed by atoms with E-state index in [9.17, 15) is 4.79 Å². The molecule has 0 aliphatic carbocycles. The molecule has 1 saturated heterocycles. The second-order valence-electron chi connectivity index (χ2n) is 7.87. The van der Waals surface area contributed by atoms with Gasteiger partial charge in [0, 0.05) is 19.6 Å². The molecule has 1 fully saturated rings. The molecule has 1 unspecified atom stereocenters. The molecule has 1 atom stereocenters. The molecule has 3 rings (SSSR count). The van der Waals surface area contributed by atoms with Gasteiger partial charge < -0.3 is 24.7 Å². The van der Waals surface area contributed by atoms with Gasteiger partial charge in [-0.2, -0.15) is 0 Å². The van der Waals surface area contributed by atoms with Crippen LogP contribution in [0.1, 0.15) is 39.8 Å². The predicted octanol–water partition coefficient (Wildman–Crippen LogP) is 4.09. The van der Waals surface area contributed by atoms with Gasteiger partial charge in [0.05, 0.1) is 17.5 Å². The van der Waals surface area contributed by atoms with Crippen molar-refractivity contribution in [1.82, 2.24) is 20.5 Å². The number of thiophene rings is 1. The van der Waals surface area contributed by atoms with Crippen LogP contribution in [-0.4, -0.2) is 53.2 Å². The van der Waals surface area contributed by atoms with Crippen molar-refractivity contribution in [2.45, 2.75) is 52.3 Å². The van der Waals surface area contributed by atoms with Crippen LogP contribution < -0.4 is 10.6 Å². The molecule has 30 heavy (non-hydrogen) atoms. The van der Waals surface area contributed by atoms with Gasteiger partial charge in [-0.15, -0.1) is 35.3 Å². The molecule has 1 aliphatic rings. The molecule has 166 valence electrons. The number of nitrogens with zero attached hydrogens (tertiary/aromatic N) is 3. The van der Waals surface area contributed by atoms with Crippen LogP contribution in [0, 0.1) is 0 Å². The number of guanidine groups is 1. The summed E-state index contributed by atoms with van der Waals surface area (Å²) in [6.45, 7) is 10.3. The third-order valence-electron chi connectivity index (χ3n) is 4.22. The summed E-state index contributed by atoms with van der Waals surface area (Å²) in [7, 11) is 0. The number of ether oxygens (including phenoxy) is 1. The molecule has 0 saturated carbocycles. The molecule has 0 radical (unpaired) electrons. The molecule has 2 N–H and O–H groups in total. The highest BCUT2D eigenvalue weighted by molar-refractivity contribution is 14.0. The van der Waals surface area contributed by atoms with E-state index in [1.165, 1.54) is 0 Å². The quantitative estimate of drug-likeness (QED) is 0.333. The third-order valence-corrected chi connectivity index (χ3v) is 5.08. The Hall–Kier alpha value is -1.82. The number of nitrogens with one attached hydrogen (secondary N) is 2. The summed E-state index contributed by atoms with van der Waals surface area (Å²) < 4.78 is 10.9. The van der Waals surface area contributed by atoms with E-state index in [0.29, 0.717) is 19.0 Å². The number of aromatic nitrogens is 1. The molecule has 1 aliphatic heterocycles. The lowest BCUT2D eigenvalue weighted by Crippen LogP contribution is -2.44. The topological polar surface area (TPSA) is 92.0 Å². The molecule has 10 heteroatoms. The molecule has 8 nitrogen and oxygen atoms in total. The monoisotopic (exact) mass is 547 g/mol. The maximum Gasteiger partial charge on any atom is 0.407 e. The van der Waals surface area contributed by atoms with Gasteiger partial charge >= 0.3 is 6.09 Å². The number of oxazole rings is 1. The summed E-state index contributed by atoms with van der Waals surface area (Å²) in [5.41, 5.74) is 0.282. The number of carbonyl (C=O) groups excluding carboxylic acids is 1. The van der Waals surface area contributed by atoms with Crippen molar-refractivity contribution in [2.24, 2.45) is 4.99 Å². The number of aliphatic imine (C=N–C) groups is 1. The van der Waals surface area contributed by atoms with Gasteiger partial charge in [0.1, 0.15) is 17.6 Å². The zero-order chi connectivity index (χ0) is 20.9. The Morgan fingerprint density at radius 1 is 1.47 bits per heavy atom. The second-order valence-corrected chi connectivity index (χ2v) is 8.82. The second kappa shape index (κ2) is 11.0. The van der Waals surface area contributed by atoms with E-state index in [0.717, 1.165) is 36.0 Å². The Kier molecular flexibility index (Phi) is 8.95. The smallest absolute Gasteiger partial charge is 0.407 e. The third kappa shape index (κ3) is 7.15. The maximum absolute atomic E-state index is 12.0. The predicted molar refractivity (Wildman–Crippen MR) is 129 cm³/mol. The van der Waals surface area contributed by atoms with E-state index in [4.69, 9.17) is 14.1 Å². The summed E-state index contributed by atoms with van der Waals surface area (Å²) in [6, 6.07) is 3.99. The van der Waals surface area contributed by atoms with E-state index < -0.39 is 5.60 Å². The Morgan fingerprint density at radius 3 is 2.93 bits per heavy atom. The lowest BCUT2D eigenvalue weighted by atomic mass is 10.2. The number of alkyl carbamates (subject to hydrolysis) is 1. The fourth-order valence-electron chi connectivity index (χ4n) is 3.02. The van der Waals surface area contributed by atoms with Gasteiger partial charge in [-0.3, -0.25) is 0 Å². The summed E-state index contributed by atoms with van der Waals surface area (Å²) >= 11 is 1.59. The zero-order valence-corrected chi connectivity index (χ0v) is 21.0. The first-order chi connectivity index (χ1) is 13.8. The maximum atomic E-state index is 12.0. The number of hydrogen-bond acceptors (Lipinski definition) is 6. The molecular formula is C20H30IN5O3S. The highest BCUT2D eigenvalue weighted by Gasteiger charge is 2.27. The minimum absolute atomic E-state index is 0.